The van der Waals surface area contributed by atoms with Crippen molar-refractivity contribution in [2.75, 3.05) is 0 Å². The summed E-state index contributed by atoms with van der Waals surface area (Å²) in [6, 6.07) is 6.91. The molecule has 0 aliphatic carbocycles. The van der Waals surface area contributed by atoms with Crippen LogP contribution < -0.4 is 0 Å². The van der Waals surface area contributed by atoms with Crippen molar-refractivity contribution in [3.05, 3.63) is 57.1 Å². The van der Waals surface area contributed by atoms with Gasteiger partial charge in [-0.05, 0) is 0 Å². The second-order valence-corrected chi connectivity index (χ2v) is 16.6. The Kier molecular flexibility index (Phi) is 37.5. The Bertz CT molecular complexity index is 856. The van der Waals surface area contributed by atoms with Crippen molar-refractivity contribution >= 4 is 0 Å². The molecule has 0 heterocycles. The summed E-state index contributed by atoms with van der Waals surface area (Å²) in [5, 5.41) is 0. The largest absolute Gasteiger partial charge is 2.00 e. The van der Waals surface area contributed by atoms with Crippen molar-refractivity contribution in [1.29, 1.82) is 0 Å². The van der Waals surface area contributed by atoms with Gasteiger partial charge in [0.2, 0.25) is 0 Å². The molecule has 1 heteroatoms. The van der Waals surface area contributed by atoms with Crippen LogP contribution in [0.15, 0.2) is 18.2 Å². The van der Waals surface area contributed by atoms with Crippen molar-refractivity contribution < 1.29 is 17.1 Å². The van der Waals surface area contributed by atoms with E-state index in [9.17, 15) is 0 Å². The van der Waals surface area contributed by atoms with Gasteiger partial charge in [0.1, 0.15) is 0 Å². The Labute approximate surface area is 345 Å². The molecule has 0 saturated heterocycles. The predicted molar refractivity (Wildman–Crippen MR) is 239 cm³/mol. The zero-order valence-corrected chi connectivity index (χ0v) is 38.4. The van der Waals surface area contributed by atoms with Gasteiger partial charge in [0, 0.05) is 0 Å². The average Bonchev–Trinajstić information content (AvgIpc) is 3.72. The van der Waals surface area contributed by atoms with Gasteiger partial charge >= 0.3 is 17.1 Å². The summed E-state index contributed by atoms with van der Waals surface area (Å²) in [5.41, 5.74) is 12.6. The minimum absolute atomic E-state index is 0. The topological polar surface area (TPSA) is 0 Å². The molecule has 0 bridgehead atoms. The van der Waals surface area contributed by atoms with E-state index in [1.165, 1.54) is 225 Å². The monoisotopic (exact) mass is 775 g/mol. The predicted octanol–water partition coefficient (Wildman–Crippen LogP) is 17.7. The minimum Gasteiger partial charge on any atom is -0.210 e. The van der Waals surface area contributed by atoms with Crippen LogP contribution >= 0.6 is 0 Å². The minimum atomic E-state index is 0. The van der Waals surface area contributed by atoms with Gasteiger partial charge < -0.3 is 0 Å². The van der Waals surface area contributed by atoms with Gasteiger partial charge in [0.25, 0.3) is 0 Å². The standard InChI is InChI=1S/C35H65.C17H29.Fe/c1-6-11-16-21-26-31-32(27-22-17-12-7-2)34(29-24-19-14-9-4)35(30-25-20-15-10-5)33(31)28-23-18-13-8-3;1-3-5-7-9-12-16-14-11-15-17(16)13-10-8-6-4-2;/h6-30H2,1-5H3;11,14-15H,3-10,12-13H2,1-2H3;/q2*-1;+2. The van der Waals surface area contributed by atoms with E-state index in [2.05, 4.69) is 66.7 Å². The van der Waals surface area contributed by atoms with Gasteiger partial charge in [0.15, 0.2) is 0 Å². The van der Waals surface area contributed by atoms with Crippen LogP contribution in [0.5, 0.6) is 0 Å². The van der Waals surface area contributed by atoms with E-state index in [-0.39, 0.29) is 17.1 Å². The molecule has 0 radical (unpaired) electrons. The molecule has 0 fully saturated rings. The first-order chi connectivity index (χ1) is 25.6. The Hall–Kier alpha value is -0.781. The zero-order valence-electron chi connectivity index (χ0n) is 37.3. The van der Waals surface area contributed by atoms with Crippen LogP contribution in [0.2, 0.25) is 0 Å². The zero-order chi connectivity index (χ0) is 37.9. The van der Waals surface area contributed by atoms with Crippen molar-refractivity contribution in [3.63, 3.8) is 0 Å². The molecule has 0 aliphatic heterocycles. The molecular weight excluding hydrogens is 680 g/mol. The van der Waals surface area contributed by atoms with E-state index >= 15 is 0 Å². The molecule has 310 valence electrons. The fourth-order valence-electron chi connectivity index (χ4n) is 8.53. The number of hydrogen-bond acceptors (Lipinski definition) is 0. The summed E-state index contributed by atoms with van der Waals surface area (Å²) in [6.07, 6.45) is 48.4. The quantitative estimate of drug-likeness (QED) is 0.0372. The molecule has 0 nitrogen and oxygen atoms in total. The summed E-state index contributed by atoms with van der Waals surface area (Å²) in [6.45, 7) is 16.3. The second kappa shape index (κ2) is 38.1. The molecule has 0 atom stereocenters. The first-order valence-electron chi connectivity index (χ1n) is 24.2. The fraction of sp³-hybridized carbons (Fsp3) is 0.808. The molecule has 0 saturated carbocycles. The summed E-state index contributed by atoms with van der Waals surface area (Å²) >= 11 is 0. The van der Waals surface area contributed by atoms with Crippen molar-refractivity contribution in [1.82, 2.24) is 0 Å². The third kappa shape index (κ3) is 24.5. The molecule has 2 rings (SSSR count). The maximum absolute atomic E-state index is 2.35. The summed E-state index contributed by atoms with van der Waals surface area (Å²) in [7, 11) is 0. The first-order valence-corrected chi connectivity index (χ1v) is 24.2. The average molecular weight is 775 g/mol. The van der Waals surface area contributed by atoms with Crippen LogP contribution in [0.25, 0.3) is 0 Å². The second-order valence-electron chi connectivity index (χ2n) is 16.6. The maximum Gasteiger partial charge on any atom is 2.00 e. The van der Waals surface area contributed by atoms with Gasteiger partial charge in [-0.25, -0.2) is 6.07 Å². The van der Waals surface area contributed by atoms with E-state index in [1.54, 1.807) is 11.1 Å². The van der Waals surface area contributed by atoms with Crippen LogP contribution in [-0.2, 0) is 62.0 Å². The summed E-state index contributed by atoms with van der Waals surface area (Å²) in [4.78, 5) is 0. The van der Waals surface area contributed by atoms with Crippen molar-refractivity contribution in [3.8, 4) is 0 Å². The van der Waals surface area contributed by atoms with Crippen LogP contribution in [0.1, 0.15) is 267 Å². The molecule has 0 aromatic heterocycles. The molecule has 0 amide bonds. The molecule has 53 heavy (non-hydrogen) atoms. The van der Waals surface area contributed by atoms with E-state index in [0.29, 0.717) is 0 Å². The number of unbranched alkanes of at least 4 members (excludes halogenated alkanes) is 21. The van der Waals surface area contributed by atoms with Crippen LogP contribution in [-0.4, -0.2) is 0 Å². The SMILES string of the molecule is CCCCCCc1c(CCCCCC)c(CCCCCC)[c-](CCCCCC)c1CCCCCC.CCCCCCc1cc[cH-]c1CCCCCC.[Fe+2]. The summed E-state index contributed by atoms with van der Waals surface area (Å²) in [5.74, 6) is 0. The van der Waals surface area contributed by atoms with Gasteiger partial charge in [-0.3, -0.25) is 0 Å². The van der Waals surface area contributed by atoms with Gasteiger partial charge in [-0.15, -0.1) is 0 Å². The van der Waals surface area contributed by atoms with E-state index in [4.69, 9.17) is 0 Å². The van der Waals surface area contributed by atoms with Crippen molar-refractivity contribution in [2.45, 2.75) is 273 Å². The Morgan fingerprint density at radius 1 is 0.377 bits per heavy atom. The Morgan fingerprint density at radius 2 is 0.717 bits per heavy atom. The molecule has 0 N–H and O–H groups in total. The van der Waals surface area contributed by atoms with E-state index in [0.717, 1.165) is 0 Å². The smallest absolute Gasteiger partial charge is 0.210 e. The van der Waals surface area contributed by atoms with Gasteiger partial charge in [-0.2, -0.15) is 51.1 Å². The fourth-order valence-corrected chi connectivity index (χ4v) is 8.53. The normalized spacial score (nSPS) is 11.2. The van der Waals surface area contributed by atoms with Gasteiger partial charge in [-0.1, -0.05) is 273 Å². The van der Waals surface area contributed by atoms with Crippen LogP contribution in [0, 0.1) is 0 Å². The molecule has 0 unspecified atom stereocenters. The Balaban J connectivity index is 0.00000126. The molecular formula is C52H94Fe. The number of aryl methyl sites for hydroxylation is 2. The third-order valence-corrected chi connectivity index (χ3v) is 11.8. The van der Waals surface area contributed by atoms with Gasteiger partial charge in [0.05, 0.1) is 0 Å². The van der Waals surface area contributed by atoms with Crippen LogP contribution in [0.3, 0.4) is 0 Å². The maximum atomic E-state index is 2.35. The third-order valence-electron chi connectivity index (χ3n) is 11.8. The first kappa shape index (κ1) is 52.2. The Morgan fingerprint density at radius 3 is 1.11 bits per heavy atom. The van der Waals surface area contributed by atoms with E-state index < -0.39 is 0 Å². The van der Waals surface area contributed by atoms with E-state index in [1.807, 2.05) is 27.8 Å². The summed E-state index contributed by atoms with van der Waals surface area (Å²) < 4.78 is 0. The molecule has 0 aliphatic rings. The van der Waals surface area contributed by atoms with Crippen molar-refractivity contribution in [2.24, 2.45) is 0 Å². The molecule has 2 aromatic rings. The molecule has 0 spiro atoms. The number of hydrogen-bond donors (Lipinski definition) is 0. The molecule has 2 aromatic carbocycles. The number of rotatable bonds is 35. The van der Waals surface area contributed by atoms with Crippen LogP contribution in [0.4, 0.5) is 0 Å².